The van der Waals surface area contributed by atoms with E-state index in [9.17, 15) is 0 Å². The molecule has 1 aliphatic rings. The molecule has 1 fully saturated rings. The normalized spacial score (nSPS) is 23.6. The lowest BCUT2D eigenvalue weighted by Gasteiger charge is -2.39. The molecule has 3 N–H and O–H groups in total. The molecule has 1 saturated heterocycles. The van der Waals surface area contributed by atoms with Crippen molar-refractivity contribution in [2.45, 2.75) is 32.7 Å². The Morgan fingerprint density at radius 1 is 1.31 bits per heavy atom. The fourth-order valence-electron chi connectivity index (χ4n) is 3.02. The lowest BCUT2D eigenvalue weighted by molar-refractivity contribution is 0.142. The van der Waals surface area contributed by atoms with Gasteiger partial charge in [-0.05, 0) is 64.3 Å². The van der Waals surface area contributed by atoms with Crippen LogP contribution >= 0.6 is 0 Å². The number of piperidine rings is 1. The van der Waals surface area contributed by atoms with E-state index in [1.165, 1.54) is 25.9 Å². The maximum atomic E-state index is 5.93. The summed E-state index contributed by atoms with van der Waals surface area (Å²) >= 11 is 0. The summed E-state index contributed by atoms with van der Waals surface area (Å²) in [6.45, 7) is 7.85. The first kappa shape index (κ1) is 13.9. The predicted molar refractivity (Wildman–Crippen MR) is 70.5 cm³/mol. The molecule has 1 rings (SSSR count). The summed E-state index contributed by atoms with van der Waals surface area (Å²) in [7, 11) is 4.31. The molecule has 0 aromatic carbocycles. The smallest absolute Gasteiger partial charge is 0.0136 e. The van der Waals surface area contributed by atoms with E-state index in [0.29, 0.717) is 17.9 Å². The molecule has 0 radical (unpaired) electrons. The van der Waals surface area contributed by atoms with E-state index < -0.39 is 0 Å². The molecule has 0 aromatic heterocycles. The van der Waals surface area contributed by atoms with Gasteiger partial charge in [0.25, 0.3) is 0 Å². The molecular weight excluding hydrogens is 198 g/mol. The minimum Gasteiger partial charge on any atom is -0.330 e. The lowest BCUT2D eigenvalue weighted by Crippen LogP contribution is -2.48. The maximum absolute atomic E-state index is 5.93. The van der Waals surface area contributed by atoms with E-state index in [0.717, 1.165) is 12.5 Å². The van der Waals surface area contributed by atoms with Gasteiger partial charge in [0.05, 0.1) is 0 Å². The van der Waals surface area contributed by atoms with Crippen molar-refractivity contribution in [1.82, 2.24) is 10.2 Å². The third-order valence-electron chi connectivity index (χ3n) is 4.19. The average Bonchev–Trinajstić information content (AvgIpc) is 2.26. The SMILES string of the molecule is CNC(C1CCN(C)CC1)C(CN)C(C)C. The second-order valence-corrected chi connectivity index (χ2v) is 5.60. The molecule has 0 bridgehead atoms. The first-order valence-corrected chi connectivity index (χ1v) is 6.66. The van der Waals surface area contributed by atoms with Crippen LogP contribution < -0.4 is 11.1 Å². The zero-order chi connectivity index (χ0) is 12.1. The lowest BCUT2D eigenvalue weighted by atomic mass is 9.77. The van der Waals surface area contributed by atoms with E-state index in [1.54, 1.807) is 0 Å². The van der Waals surface area contributed by atoms with Gasteiger partial charge in [0.2, 0.25) is 0 Å². The molecule has 3 nitrogen and oxygen atoms in total. The van der Waals surface area contributed by atoms with Gasteiger partial charge < -0.3 is 16.0 Å². The van der Waals surface area contributed by atoms with Crippen LogP contribution in [0.3, 0.4) is 0 Å². The molecular formula is C13H29N3. The largest absolute Gasteiger partial charge is 0.330 e. The van der Waals surface area contributed by atoms with Gasteiger partial charge in [-0.1, -0.05) is 13.8 Å². The molecule has 96 valence electrons. The second kappa shape index (κ2) is 6.58. The Morgan fingerprint density at radius 3 is 2.25 bits per heavy atom. The van der Waals surface area contributed by atoms with E-state index in [1.807, 2.05) is 0 Å². The molecule has 0 aromatic rings. The summed E-state index contributed by atoms with van der Waals surface area (Å²) in [4.78, 5) is 2.43. The summed E-state index contributed by atoms with van der Waals surface area (Å²) in [6, 6.07) is 0.596. The minimum atomic E-state index is 0.596. The van der Waals surface area contributed by atoms with E-state index >= 15 is 0 Å². The van der Waals surface area contributed by atoms with Crippen LogP contribution in [-0.2, 0) is 0 Å². The monoisotopic (exact) mass is 227 g/mol. The minimum absolute atomic E-state index is 0.596. The molecule has 0 aliphatic carbocycles. The summed E-state index contributed by atoms with van der Waals surface area (Å²) in [5.41, 5.74) is 5.93. The number of hydrogen-bond donors (Lipinski definition) is 2. The highest BCUT2D eigenvalue weighted by Gasteiger charge is 2.31. The van der Waals surface area contributed by atoms with Crippen LogP contribution in [0.15, 0.2) is 0 Å². The fraction of sp³-hybridized carbons (Fsp3) is 1.00. The van der Waals surface area contributed by atoms with Crippen molar-refractivity contribution in [1.29, 1.82) is 0 Å². The number of nitrogens with two attached hydrogens (primary N) is 1. The van der Waals surface area contributed by atoms with Crippen molar-refractivity contribution in [3.63, 3.8) is 0 Å². The fourth-order valence-corrected chi connectivity index (χ4v) is 3.02. The molecule has 0 saturated carbocycles. The Kier molecular flexibility index (Phi) is 5.73. The Morgan fingerprint density at radius 2 is 1.88 bits per heavy atom. The zero-order valence-corrected chi connectivity index (χ0v) is 11.4. The van der Waals surface area contributed by atoms with Crippen molar-refractivity contribution >= 4 is 0 Å². The quantitative estimate of drug-likeness (QED) is 0.740. The molecule has 3 heteroatoms. The first-order valence-electron chi connectivity index (χ1n) is 6.66. The maximum Gasteiger partial charge on any atom is 0.0136 e. The van der Waals surface area contributed by atoms with Crippen LogP contribution in [0.1, 0.15) is 26.7 Å². The highest BCUT2D eigenvalue weighted by Crippen LogP contribution is 2.27. The van der Waals surface area contributed by atoms with E-state index in [-0.39, 0.29) is 0 Å². The molecule has 0 spiro atoms. The molecule has 1 heterocycles. The Hall–Kier alpha value is -0.120. The Balaban J connectivity index is 2.58. The number of likely N-dealkylation sites (tertiary alicyclic amines) is 1. The van der Waals surface area contributed by atoms with Crippen molar-refractivity contribution in [2.75, 3.05) is 33.7 Å². The second-order valence-electron chi connectivity index (χ2n) is 5.60. The van der Waals surface area contributed by atoms with Gasteiger partial charge in [-0.2, -0.15) is 0 Å². The average molecular weight is 227 g/mol. The predicted octanol–water partition coefficient (Wildman–Crippen LogP) is 1.15. The molecule has 1 aliphatic heterocycles. The van der Waals surface area contributed by atoms with Crippen molar-refractivity contribution in [3.05, 3.63) is 0 Å². The van der Waals surface area contributed by atoms with Crippen molar-refractivity contribution < 1.29 is 0 Å². The van der Waals surface area contributed by atoms with Crippen LogP contribution in [0.2, 0.25) is 0 Å². The summed E-state index contributed by atoms with van der Waals surface area (Å²) < 4.78 is 0. The van der Waals surface area contributed by atoms with Crippen LogP contribution in [0, 0.1) is 17.8 Å². The summed E-state index contributed by atoms with van der Waals surface area (Å²) in [5, 5.41) is 3.52. The third-order valence-corrected chi connectivity index (χ3v) is 4.19. The molecule has 2 unspecified atom stereocenters. The van der Waals surface area contributed by atoms with Crippen LogP contribution in [0.4, 0.5) is 0 Å². The zero-order valence-electron chi connectivity index (χ0n) is 11.4. The van der Waals surface area contributed by atoms with Gasteiger partial charge in [0, 0.05) is 6.04 Å². The third kappa shape index (κ3) is 3.44. The van der Waals surface area contributed by atoms with E-state index in [2.05, 4.69) is 38.2 Å². The van der Waals surface area contributed by atoms with Gasteiger partial charge in [-0.15, -0.1) is 0 Å². The van der Waals surface area contributed by atoms with Crippen LogP contribution in [-0.4, -0.2) is 44.7 Å². The van der Waals surface area contributed by atoms with Gasteiger partial charge in [0.15, 0.2) is 0 Å². The summed E-state index contributed by atoms with van der Waals surface area (Å²) in [5.74, 6) is 2.08. The summed E-state index contributed by atoms with van der Waals surface area (Å²) in [6.07, 6.45) is 2.62. The number of hydrogen-bond acceptors (Lipinski definition) is 3. The topological polar surface area (TPSA) is 41.3 Å². The molecule has 0 amide bonds. The van der Waals surface area contributed by atoms with Gasteiger partial charge in [-0.25, -0.2) is 0 Å². The highest BCUT2D eigenvalue weighted by molar-refractivity contribution is 4.87. The highest BCUT2D eigenvalue weighted by atomic mass is 15.1. The van der Waals surface area contributed by atoms with Crippen molar-refractivity contribution in [2.24, 2.45) is 23.5 Å². The standard InChI is InChI=1S/C13H29N3/c1-10(2)12(9-14)13(15-3)11-5-7-16(4)8-6-11/h10-13,15H,5-9,14H2,1-4H3. The number of rotatable bonds is 5. The van der Waals surface area contributed by atoms with Gasteiger partial charge >= 0.3 is 0 Å². The van der Waals surface area contributed by atoms with E-state index in [4.69, 9.17) is 5.73 Å². The molecule has 16 heavy (non-hydrogen) atoms. The molecule has 2 atom stereocenters. The van der Waals surface area contributed by atoms with Gasteiger partial charge in [-0.3, -0.25) is 0 Å². The van der Waals surface area contributed by atoms with Crippen LogP contribution in [0.5, 0.6) is 0 Å². The van der Waals surface area contributed by atoms with Crippen molar-refractivity contribution in [3.8, 4) is 0 Å². The van der Waals surface area contributed by atoms with Gasteiger partial charge in [0.1, 0.15) is 0 Å². The van der Waals surface area contributed by atoms with Crippen LogP contribution in [0.25, 0.3) is 0 Å². The number of nitrogens with zero attached hydrogens (tertiary/aromatic N) is 1. The Bertz CT molecular complexity index is 186. The number of nitrogens with one attached hydrogen (secondary N) is 1. The first-order chi connectivity index (χ1) is 7.60. The Labute approximate surface area is 101 Å².